The zero-order chi connectivity index (χ0) is 11.9. The summed E-state index contributed by atoms with van der Waals surface area (Å²) in [6, 6.07) is 1.73. The molecular formula is C9H8Br2ClN3S. The molecule has 2 N–H and O–H groups in total. The molecule has 86 valence electrons. The lowest BCUT2D eigenvalue weighted by molar-refractivity contribution is 0.678. The van der Waals surface area contributed by atoms with Crippen LogP contribution in [0.1, 0.15) is 16.6 Å². The van der Waals surface area contributed by atoms with Gasteiger partial charge in [0.05, 0.1) is 26.7 Å². The molecule has 0 aliphatic heterocycles. The lowest BCUT2D eigenvalue weighted by Gasteiger charge is -2.10. The van der Waals surface area contributed by atoms with E-state index in [0.717, 1.165) is 18.8 Å². The van der Waals surface area contributed by atoms with Gasteiger partial charge >= 0.3 is 0 Å². The Labute approximate surface area is 119 Å². The molecule has 3 nitrogen and oxygen atoms in total. The summed E-state index contributed by atoms with van der Waals surface area (Å²) in [6.07, 6.45) is 1.61. The molecule has 1 atom stereocenters. The molecule has 0 fully saturated rings. The Morgan fingerprint density at radius 3 is 2.69 bits per heavy atom. The first kappa shape index (κ1) is 12.6. The highest BCUT2D eigenvalue weighted by molar-refractivity contribution is 9.13. The van der Waals surface area contributed by atoms with Crippen LogP contribution >= 0.6 is 54.8 Å². The first-order valence-corrected chi connectivity index (χ1v) is 7.16. The second-order valence-corrected chi connectivity index (χ2v) is 6.91. The van der Waals surface area contributed by atoms with E-state index in [9.17, 15) is 0 Å². The predicted octanol–water partition coefficient (Wildman–Crippen LogP) is 3.71. The van der Waals surface area contributed by atoms with Gasteiger partial charge < -0.3 is 5.73 Å². The van der Waals surface area contributed by atoms with Gasteiger partial charge in [0.2, 0.25) is 0 Å². The minimum Gasteiger partial charge on any atom is -0.318 e. The van der Waals surface area contributed by atoms with Gasteiger partial charge in [-0.2, -0.15) is 5.10 Å². The van der Waals surface area contributed by atoms with Gasteiger partial charge in [0.1, 0.15) is 0 Å². The zero-order valence-electron chi connectivity index (χ0n) is 8.25. The van der Waals surface area contributed by atoms with Gasteiger partial charge in [-0.1, -0.05) is 11.6 Å². The fourth-order valence-electron chi connectivity index (χ4n) is 1.42. The fourth-order valence-corrected chi connectivity index (χ4v) is 3.80. The number of hydrogen-bond donors (Lipinski definition) is 1. The lowest BCUT2D eigenvalue weighted by Crippen LogP contribution is -2.15. The third-order valence-corrected chi connectivity index (χ3v) is 5.83. The molecule has 2 aromatic rings. The molecule has 0 bridgehead atoms. The van der Waals surface area contributed by atoms with Crippen LogP contribution in [0.25, 0.3) is 0 Å². The molecule has 7 heteroatoms. The number of aryl methyl sites for hydroxylation is 1. The van der Waals surface area contributed by atoms with Crippen molar-refractivity contribution in [1.82, 2.24) is 9.78 Å². The molecule has 0 aliphatic carbocycles. The average molecular weight is 386 g/mol. The Morgan fingerprint density at radius 2 is 2.25 bits per heavy atom. The van der Waals surface area contributed by atoms with Crippen LogP contribution in [0.4, 0.5) is 0 Å². The van der Waals surface area contributed by atoms with Crippen molar-refractivity contribution in [2.75, 3.05) is 0 Å². The summed E-state index contributed by atoms with van der Waals surface area (Å²) in [7, 11) is 1.83. The number of halogens is 3. The Hall–Kier alpha value is 0.120. The summed E-state index contributed by atoms with van der Waals surface area (Å²) < 4.78 is 3.73. The van der Waals surface area contributed by atoms with Crippen LogP contribution in [0.2, 0.25) is 5.02 Å². The average Bonchev–Trinajstić information content (AvgIpc) is 2.72. The predicted molar refractivity (Wildman–Crippen MR) is 74.0 cm³/mol. The van der Waals surface area contributed by atoms with Crippen LogP contribution in [0.15, 0.2) is 20.5 Å². The Kier molecular flexibility index (Phi) is 3.75. The van der Waals surface area contributed by atoms with Crippen molar-refractivity contribution in [2.45, 2.75) is 6.04 Å². The molecule has 0 saturated heterocycles. The molecule has 0 radical (unpaired) electrons. The van der Waals surface area contributed by atoms with Crippen molar-refractivity contribution in [3.8, 4) is 0 Å². The summed E-state index contributed by atoms with van der Waals surface area (Å²) in [6.45, 7) is 0. The molecule has 2 aromatic heterocycles. The molecule has 0 aromatic carbocycles. The fraction of sp³-hybridized carbons (Fsp3) is 0.222. The van der Waals surface area contributed by atoms with Crippen molar-refractivity contribution >= 4 is 54.8 Å². The molecule has 0 aliphatic rings. The Morgan fingerprint density at radius 1 is 1.56 bits per heavy atom. The number of hydrogen-bond acceptors (Lipinski definition) is 3. The van der Waals surface area contributed by atoms with E-state index in [1.165, 1.54) is 0 Å². The van der Waals surface area contributed by atoms with E-state index >= 15 is 0 Å². The number of thiophene rings is 1. The number of aromatic nitrogens is 2. The van der Waals surface area contributed by atoms with Gasteiger partial charge in [-0.25, -0.2) is 0 Å². The Balaban J connectivity index is 2.42. The van der Waals surface area contributed by atoms with E-state index in [4.69, 9.17) is 17.3 Å². The minimum absolute atomic E-state index is 0.257. The highest BCUT2D eigenvalue weighted by Gasteiger charge is 2.19. The van der Waals surface area contributed by atoms with Gasteiger partial charge in [0, 0.05) is 16.4 Å². The van der Waals surface area contributed by atoms with Gasteiger partial charge in [0.25, 0.3) is 0 Å². The lowest BCUT2D eigenvalue weighted by atomic mass is 10.2. The van der Waals surface area contributed by atoms with Crippen LogP contribution in [0.3, 0.4) is 0 Å². The van der Waals surface area contributed by atoms with E-state index in [0.29, 0.717) is 5.02 Å². The summed E-state index contributed by atoms with van der Waals surface area (Å²) in [5.74, 6) is 0. The normalized spacial score (nSPS) is 13.1. The first-order valence-electron chi connectivity index (χ1n) is 4.38. The maximum Gasteiger partial charge on any atom is 0.0843 e. The summed E-state index contributed by atoms with van der Waals surface area (Å²) in [5.41, 5.74) is 6.99. The van der Waals surface area contributed by atoms with Crippen molar-refractivity contribution < 1.29 is 0 Å². The number of nitrogens with two attached hydrogens (primary N) is 1. The van der Waals surface area contributed by atoms with E-state index < -0.39 is 0 Å². The smallest absolute Gasteiger partial charge is 0.0843 e. The second-order valence-electron chi connectivity index (χ2n) is 3.25. The SMILES string of the molecule is Cn1ncc(Cl)c1C(N)c1cc(Br)c(Br)s1. The molecule has 16 heavy (non-hydrogen) atoms. The quantitative estimate of drug-likeness (QED) is 0.857. The maximum atomic E-state index is 6.17. The highest BCUT2D eigenvalue weighted by atomic mass is 79.9. The van der Waals surface area contributed by atoms with E-state index in [2.05, 4.69) is 37.0 Å². The first-order chi connectivity index (χ1) is 7.50. The molecule has 0 amide bonds. The van der Waals surface area contributed by atoms with Crippen molar-refractivity contribution in [3.63, 3.8) is 0 Å². The highest BCUT2D eigenvalue weighted by Crippen LogP contribution is 2.37. The molecule has 0 spiro atoms. The molecular weight excluding hydrogens is 377 g/mol. The second kappa shape index (κ2) is 4.78. The van der Waals surface area contributed by atoms with Crippen LogP contribution in [-0.4, -0.2) is 9.78 Å². The zero-order valence-corrected chi connectivity index (χ0v) is 13.0. The van der Waals surface area contributed by atoms with Gasteiger partial charge in [-0.15, -0.1) is 11.3 Å². The Bertz CT molecular complexity index is 484. The molecule has 2 rings (SSSR count). The molecule has 2 heterocycles. The standard InChI is InChI=1S/C9H8Br2ClN3S/c1-15-8(5(12)3-14-15)7(13)6-2-4(10)9(11)16-6/h2-3,7H,13H2,1H3. The maximum absolute atomic E-state index is 6.17. The van der Waals surface area contributed by atoms with E-state index in [1.54, 1.807) is 22.2 Å². The summed E-state index contributed by atoms with van der Waals surface area (Å²) in [4.78, 5) is 1.03. The molecule has 1 unspecified atom stereocenters. The van der Waals surface area contributed by atoms with E-state index in [1.807, 2.05) is 13.1 Å². The van der Waals surface area contributed by atoms with Gasteiger partial charge in [-0.3, -0.25) is 4.68 Å². The number of rotatable bonds is 2. The van der Waals surface area contributed by atoms with Crippen LogP contribution in [0, 0.1) is 0 Å². The van der Waals surface area contributed by atoms with Crippen molar-refractivity contribution in [1.29, 1.82) is 0 Å². The monoisotopic (exact) mass is 383 g/mol. The molecule has 0 saturated carbocycles. The van der Waals surface area contributed by atoms with Crippen LogP contribution < -0.4 is 5.73 Å². The van der Waals surface area contributed by atoms with Crippen molar-refractivity contribution in [3.05, 3.63) is 36.1 Å². The summed E-state index contributed by atoms with van der Waals surface area (Å²) >= 11 is 14.5. The third-order valence-electron chi connectivity index (χ3n) is 2.20. The van der Waals surface area contributed by atoms with Crippen molar-refractivity contribution in [2.24, 2.45) is 12.8 Å². The number of nitrogens with zero attached hydrogens (tertiary/aromatic N) is 2. The summed E-state index contributed by atoms with van der Waals surface area (Å²) in [5, 5.41) is 4.67. The van der Waals surface area contributed by atoms with Gasteiger partial charge in [0.15, 0.2) is 0 Å². The minimum atomic E-state index is -0.257. The third kappa shape index (κ3) is 2.22. The van der Waals surface area contributed by atoms with Gasteiger partial charge in [-0.05, 0) is 37.9 Å². The van der Waals surface area contributed by atoms with Crippen LogP contribution in [-0.2, 0) is 7.05 Å². The van der Waals surface area contributed by atoms with Crippen LogP contribution in [0.5, 0.6) is 0 Å². The topological polar surface area (TPSA) is 43.8 Å². The largest absolute Gasteiger partial charge is 0.318 e. The van der Waals surface area contributed by atoms with E-state index in [-0.39, 0.29) is 6.04 Å².